The van der Waals surface area contributed by atoms with Gasteiger partial charge in [-0.05, 0) is 19.9 Å². The molecule has 0 bridgehead atoms. The Labute approximate surface area is 76.9 Å². The van der Waals surface area contributed by atoms with Crippen LogP contribution in [0.1, 0.15) is 13.8 Å². The molecule has 0 unspecified atom stereocenters. The van der Waals surface area contributed by atoms with E-state index in [1.165, 1.54) is 5.01 Å². The average molecular weight is 188 g/mol. The molecule has 4 heteroatoms. The van der Waals surface area contributed by atoms with E-state index in [0.717, 1.165) is 5.57 Å². The molecule has 1 fully saturated rings. The Balaban J connectivity index is 2.19. The molecule has 2 nitrogen and oxygen atoms in total. The number of rotatable bonds is 3. The van der Waals surface area contributed by atoms with Gasteiger partial charge in [-0.15, -0.1) is 0 Å². The molecule has 1 N–H and O–H groups in total. The van der Waals surface area contributed by atoms with Gasteiger partial charge in [0.05, 0.1) is 13.1 Å². The minimum atomic E-state index is -2.50. The Bertz CT molecular complexity index is 226. The predicted octanol–water partition coefficient (Wildman–Crippen LogP) is 1.92. The van der Waals surface area contributed by atoms with Crippen LogP contribution in [0, 0.1) is 0 Å². The van der Waals surface area contributed by atoms with E-state index in [0.29, 0.717) is 0 Å². The lowest BCUT2D eigenvalue weighted by molar-refractivity contribution is -0.144. The first-order chi connectivity index (χ1) is 6.03. The molecule has 0 aromatic rings. The molecule has 0 amide bonds. The zero-order valence-corrected chi connectivity index (χ0v) is 7.85. The molecule has 0 spiro atoms. The van der Waals surface area contributed by atoms with Crippen molar-refractivity contribution in [3.8, 4) is 0 Å². The highest BCUT2D eigenvalue weighted by Crippen LogP contribution is 2.24. The van der Waals surface area contributed by atoms with E-state index >= 15 is 0 Å². The van der Waals surface area contributed by atoms with Crippen LogP contribution in [0.2, 0.25) is 0 Å². The SMILES string of the molecule is C/C=C(C)\C=C/NN1CC(F)(F)C1. The summed E-state index contributed by atoms with van der Waals surface area (Å²) >= 11 is 0. The number of halogens is 2. The van der Waals surface area contributed by atoms with Gasteiger partial charge in [-0.1, -0.05) is 11.6 Å². The fourth-order valence-corrected chi connectivity index (χ4v) is 0.974. The van der Waals surface area contributed by atoms with Crippen LogP contribution in [0.4, 0.5) is 8.78 Å². The third kappa shape index (κ3) is 3.14. The van der Waals surface area contributed by atoms with Gasteiger partial charge in [0.25, 0.3) is 5.92 Å². The lowest BCUT2D eigenvalue weighted by Gasteiger charge is -2.38. The van der Waals surface area contributed by atoms with E-state index in [2.05, 4.69) is 5.43 Å². The van der Waals surface area contributed by atoms with Crippen molar-refractivity contribution in [1.82, 2.24) is 10.4 Å². The number of nitrogens with zero attached hydrogens (tertiary/aromatic N) is 1. The standard InChI is InChI=1S/C9H14F2N2/c1-3-8(2)4-5-12-13-6-9(10,11)7-13/h3-5,12H,6-7H2,1-2H3/b5-4-,8-3-. The van der Waals surface area contributed by atoms with Crippen molar-refractivity contribution >= 4 is 0 Å². The van der Waals surface area contributed by atoms with E-state index in [4.69, 9.17) is 0 Å². The van der Waals surface area contributed by atoms with Gasteiger partial charge in [-0.25, -0.2) is 13.8 Å². The molecule has 1 saturated heterocycles. The average Bonchev–Trinajstić information content (AvgIpc) is 2.00. The molecule has 0 atom stereocenters. The number of hydrogen-bond donors (Lipinski definition) is 1. The molecule has 1 aliphatic rings. The number of nitrogens with one attached hydrogen (secondary N) is 1. The second kappa shape index (κ2) is 3.87. The molecule has 1 rings (SSSR count). The number of hydrogen-bond acceptors (Lipinski definition) is 2. The Morgan fingerprint density at radius 2 is 2.08 bits per heavy atom. The summed E-state index contributed by atoms with van der Waals surface area (Å²) in [5.74, 6) is -2.50. The van der Waals surface area contributed by atoms with E-state index in [1.807, 2.05) is 26.0 Å². The maximum absolute atomic E-state index is 12.3. The van der Waals surface area contributed by atoms with Crippen LogP contribution in [0.15, 0.2) is 23.9 Å². The highest BCUT2D eigenvalue weighted by atomic mass is 19.3. The van der Waals surface area contributed by atoms with E-state index in [1.54, 1.807) is 6.20 Å². The van der Waals surface area contributed by atoms with Crippen molar-refractivity contribution in [2.75, 3.05) is 13.1 Å². The minimum absolute atomic E-state index is 0.202. The van der Waals surface area contributed by atoms with Crippen molar-refractivity contribution in [3.05, 3.63) is 23.9 Å². The largest absolute Gasteiger partial charge is 0.326 e. The first kappa shape index (κ1) is 10.2. The van der Waals surface area contributed by atoms with Crippen molar-refractivity contribution in [1.29, 1.82) is 0 Å². The zero-order valence-electron chi connectivity index (χ0n) is 7.85. The summed E-state index contributed by atoms with van der Waals surface area (Å²) < 4.78 is 24.6. The van der Waals surface area contributed by atoms with Gasteiger partial charge in [0.1, 0.15) is 0 Å². The Hall–Kier alpha value is -0.900. The summed E-state index contributed by atoms with van der Waals surface area (Å²) in [5.41, 5.74) is 3.87. The summed E-state index contributed by atoms with van der Waals surface area (Å²) in [5, 5.41) is 1.47. The van der Waals surface area contributed by atoms with Crippen LogP contribution in [-0.4, -0.2) is 24.0 Å². The number of hydrazine groups is 1. The summed E-state index contributed by atoms with van der Waals surface area (Å²) in [6.45, 7) is 3.47. The van der Waals surface area contributed by atoms with Crippen LogP contribution in [0.5, 0.6) is 0 Å². The van der Waals surface area contributed by atoms with Crippen LogP contribution >= 0.6 is 0 Å². The molecule has 13 heavy (non-hydrogen) atoms. The van der Waals surface area contributed by atoms with E-state index in [9.17, 15) is 8.78 Å². The van der Waals surface area contributed by atoms with Gasteiger partial charge in [0.15, 0.2) is 0 Å². The summed E-state index contributed by atoms with van der Waals surface area (Å²) in [7, 11) is 0. The first-order valence-electron chi connectivity index (χ1n) is 4.22. The molecule has 0 saturated carbocycles. The highest BCUT2D eigenvalue weighted by molar-refractivity contribution is 5.13. The van der Waals surface area contributed by atoms with Crippen LogP contribution < -0.4 is 5.43 Å². The lowest BCUT2D eigenvalue weighted by Crippen LogP contribution is -2.60. The van der Waals surface area contributed by atoms with Crippen molar-refractivity contribution in [2.24, 2.45) is 0 Å². The molecule has 1 heterocycles. The normalized spacial score (nSPS) is 23.2. The van der Waals surface area contributed by atoms with Crippen molar-refractivity contribution < 1.29 is 8.78 Å². The van der Waals surface area contributed by atoms with Gasteiger partial charge >= 0.3 is 0 Å². The van der Waals surface area contributed by atoms with Gasteiger partial charge in [0.2, 0.25) is 0 Å². The van der Waals surface area contributed by atoms with Crippen LogP contribution in [0.3, 0.4) is 0 Å². The smallest absolute Gasteiger partial charge is 0.276 e. The molecule has 74 valence electrons. The third-order valence-electron chi connectivity index (χ3n) is 1.90. The topological polar surface area (TPSA) is 15.3 Å². The van der Waals surface area contributed by atoms with E-state index < -0.39 is 5.92 Å². The highest BCUT2D eigenvalue weighted by Gasteiger charge is 2.43. The van der Waals surface area contributed by atoms with Gasteiger partial charge in [0, 0.05) is 6.20 Å². The zero-order chi connectivity index (χ0) is 9.90. The quantitative estimate of drug-likeness (QED) is 0.681. The summed E-state index contributed by atoms with van der Waals surface area (Å²) in [6.07, 6.45) is 5.46. The van der Waals surface area contributed by atoms with Crippen LogP contribution in [0.25, 0.3) is 0 Å². The molecule has 1 aliphatic heterocycles. The Morgan fingerprint density at radius 3 is 2.54 bits per heavy atom. The summed E-state index contributed by atoms with van der Waals surface area (Å²) in [4.78, 5) is 0. The second-order valence-electron chi connectivity index (χ2n) is 3.21. The Morgan fingerprint density at radius 1 is 1.46 bits per heavy atom. The second-order valence-corrected chi connectivity index (χ2v) is 3.21. The fourth-order valence-electron chi connectivity index (χ4n) is 0.974. The monoisotopic (exact) mass is 188 g/mol. The van der Waals surface area contributed by atoms with Gasteiger partial charge in [-0.3, -0.25) is 0 Å². The van der Waals surface area contributed by atoms with Crippen LogP contribution in [-0.2, 0) is 0 Å². The molecule has 0 aliphatic carbocycles. The van der Waals surface area contributed by atoms with E-state index in [-0.39, 0.29) is 13.1 Å². The maximum atomic E-state index is 12.3. The molecule has 0 aromatic carbocycles. The molecule has 0 aromatic heterocycles. The van der Waals surface area contributed by atoms with Gasteiger partial charge in [-0.2, -0.15) is 0 Å². The molecular weight excluding hydrogens is 174 g/mol. The number of alkyl halides is 2. The number of allylic oxidation sites excluding steroid dienone is 3. The minimum Gasteiger partial charge on any atom is -0.326 e. The molecule has 0 radical (unpaired) electrons. The Kier molecular flexibility index (Phi) is 3.03. The lowest BCUT2D eigenvalue weighted by atomic mass is 10.2. The first-order valence-corrected chi connectivity index (χ1v) is 4.22. The van der Waals surface area contributed by atoms with Gasteiger partial charge < -0.3 is 5.43 Å². The fraction of sp³-hybridized carbons (Fsp3) is 0.556. The third-order valence-corrected chi connectivity index (χ3v) is 1.90. The van der Waals surface area contributed by atoms with Crippen molar-refractivity contribution in [3.63, 3.8) is 0 Å². The summed E-state index contributed by atoms with van der Waals surface area (Å²) in [6, 6.07) is 0. The predicted molar refractivity (Wildman–Crippen MR) is 48.2 cm³/mol. The van der Waals surface area contributed by atoms with Crippen molar-refractivity contribution in [2.45, 2.75) is 19.8 Å². The molecular formula is C9H14F2N2. The maximum Gasteiger partial charge on any atom is 0.276 e.